The molecule has 0 aliphatic rings. The van der Waals surface area contributed by atoms with Crippen LogP contribution in [0, 0.1) is 0 Å². The SMILES string of the molecule is c1ccc2c(N(c3ccc4ccc5cccc6ccc3c4c56)c3ccc4ccc5cccc6ccc3c4c56)cccc2c1. The zero-order chi connectivity index (χ0) is 28.1. The van der Waals surface area contributed by atoms with Crippen LogP contribution in [0.3, 0.4) is 0 Å². The predicted molar refractivity (Wildman–Crippen MR) is 186 cm³/mol. The van der Waals surface area contributed by atoms with Gasteiger partial charge in [0.2, 0.25) is 0 Å². The molecule has 0 amide bonds. The molecule has 10 rings (SSSR count). The molecule has 0 atom stereocenters. The number of anilines is 3. The van der Waals surface area contributed by atoms with Gasteiger partial charge in [-0.25, -0.2) is 0 Å². The van der Waals surface area contributed by atoms with E-state index in [0.717, 1.165) is 0 Å². The maximum atomic E-state index is 2.51. The molecule has 0 aliphatic heterocycles. The van der Waals surface area contributed by atoms with E-state index in [-0.39, 0.29) is 0 Å². The highest BCUT2D eigenvalue weighted by Gasteiger charge is 2.22. The van der Waals surface area contributed by atoms with E-state index in [2.05, 4.69) is 157 Å². The summed E-state index contributed by atoms with van der Waals surface area (Å²) in [5.41, 5.74) is 3.57. The Morgan fingerprint density at radius 3 is 1.16 bits per heavy atom. The van der Waals surface area contributed by atoms with E-state index in [0.29, 0.717) is 0 Å². The van der Waals surface area contributed by atoms with E-state index >= 15 is 0 Å². The smallest absolute Gasteiger partial charge is 0.0541 e. The quantitative estimate of drug-likeness (QED) is 0.200. The van der Waals surface area contributed by atoms with Gasteiger partial charge < -0.3 is 4.90 Å². The van der Waals surface area contributed by atoms with Crippen LogP contribution in [-0.2, 0) is 0 Å². The monoisotopic (exact) mass is 543 g/mol. The van der Waals surface area contributed by atoms with Gasteiger partial charge in [-0.2, -0.15) is 0 Å². The fourth-order valence-corrected chi connectivity index (χ4v) is 7.62. The zero-order valence-electron chi connectivity index (χ0n) is 23.4. The molecule has 0 saturated heterocycles. The number of nitrogens with zero attached hydrogens (tertiary/aromatic N) is 1. The van der Waals surface area contributed by atoms with Crippen molar-refractivity contribution < 1.29 is 0 Å². The molecule has 0 aliphatic carbocycles. The molecule has 0 radical (unpaired) electrons. The van der Waals surface area contributed by atoms with E-state index in [1.54, 1.807) is 0 Å². The van der Waals surface area contributed by atoms with E-state index in [1.165, 1.54) is 92.5 Å². The first-order valence-electron chi connectivity index (χ1n) is 14.9. The van der Waals surface area contributed by atoms with E-state index in [4.69, 9.17) is 0 Å². The van der Waals surface area contributed by atoms with Gasteiger partial charge in [0.05, 0.1) is 17.1 Å². The number of rotatable bonds is 3. The minimum Gasteiger partial charge on any atom is -0.309 e. The third-order valence-corrected chi connectivity index (χ3v) is 9.50. The summed E-state index contributed by atoms with van der Waals surface area (Å²) in [4.78, 5) is 2.51. The van der Waals surface area contributed by atoms with Crippen molar-refractivity contribution in [2.24, 2.45) is 0 Å². The average Bonchev–Trinajstić information content (AvgIpc) is 3.07. The molecule has 10 aromatic rings. The maximum Gasteiger partial charge on any atom is 0.0541 e. The Morgan fingerprint density at radius 1 is 0.233 bits per heavy atom. The second-order valence-electron chi connectivity index (χ2n) is 11.7. The van der Waals surface area contributed by atoms with Crippen LogP contribution in [0.1, 0.15) is 0 Å². The van der Waals surface area contributed by atoms with Gasteiger partial charge in [-0.3, -0.25) is 0 Å². The first-order valence-corrected chi connectivity index (χ1v) is 14.9. The summed E-state index contributed by atoms with van der Waals surface area (Å²) in [5, 5.41) is 18.0. The third-order valence-electron chi connectivity index (χ3n) is 9.50. The topological polar surface area (TPSA) is 3.24 Å². The van der Waals surface area contributed by atoms with Crippen molar-refractivity contribution in [3.05, 3.63) is 152 Å². The first kappa shape index (κ1) is 23.0. The molecule has 1 nitrogen and oxygen atoms in total. The third kappa shape index (κ3) is 3.11. The molecule has 0 bridgehead atoms. The molecule has 43 heavy (non-hydrogen) atoms. The summed E-state index contributed by atoms with van der Waals surface area (Å²) >= 11 is 0. The summed E-state index contributed by atoms with van der Waals surface area (Å²) in [6.07, 6.45) is 0. The van der Waals surface area contributed by atoms with Crippen LogP contribution in [-0.4, -0.2) is 0 Å². The highest BCUT2D eigenvalue weighted by atomic mass is 15.1. The second kappa shape index (κ2) is 8.44. The molecule has 0 aromatic heterocycles. The van der Waals surface area contributed by atoms with Gasteiger partial charge in [0.25, 0.3) is 0 Å². The molecular formula is C42H25N. The summed E-state index contributed by atoms with van der Waals surface area (Å²) in [6, 6.07) is 56.2. The van der Waals surface area contributed by atoms with Crippen molar-refractivity contribution in [1.82, 2.24) is 0 Å². The highest BCUT2D eigenvalue weighted by molar-refractivity contribution is 6.28. The second-order valence-corrected chi connectivity index (χ2v) is 11.7. The lowest BCUT2D eigenvalue weighted by atomic mass is 9.91. The summed E-state index contributed by atoms with van der Waals surface area (Å²) in [6.45, 7) is 0. The average molecular weight is 544 g/mol. The molecule has 1 heteroatoms. The molecule has 0 heterocycles. The Hall–Kier alpha value is -5.66. The molecular weight excluding hydrogens is 518 g/mol. The van der Waals surface area contributed by atoms with E-state index in [1.807, 2.05) is 0 Å². The molecule has 0 saturated carbocycles. The lowest BCUT2D eigenvalue weighted by molar-refractivity contribution is 1.33. The number of hydrogen-bond acceptors (Lipinski definition) is 1. The number of benzene rings is 10. The van der Waals surface area contributed by atoms with Gasteiger partial charge >= 0.3 is 0 Å². The predicted octanol–water partition coefficient (Wildman–Crippen LogP) is 12.1. The van der Waals surface area contributed by atoms with Gasteiger partial charge in [0.1, 0.15) is 0 Å². The van der Waals surface area contributed by atoms with Crippen molar-refractivity contribution in [2.75, 3.05) is 4.90 Å². The van der Waals surface area contributed by atoms with Crippen LogP contribution in [0.25, 0.3) is 75.4 Å². The van der Waals surface area contributed by atoms with Crippen molar-refractivity contribution in [1.29, 1.82) is 0 Å². The minimum absolute atomic E-state index is 1.18. The van der Waals surface area contributed by atoms with Crippen LogP contribution >= 0.6 is 0 Å². The molecule has 10 aromatic carbocycles. The Morgan fingerprint density at radius 2 is 0.605 bits per heavy atom. The van der Waals surface area contributed by atoms with Crippen molar-refractivity contribution in [2.45, 2.75) is 0 Å². The fraction of sp³-hybridized carbons (Fsp3) is 0. The highest BCUT2D eigenvalue weighted by Crippen LogP contribution is 2.48. The van der Waals surface area contributed by atoms with Gasteiger partial charge in [0, 0.05) is 16.2 Å². The molecule has 0 spiro atoms. The molecule has 0 unspecified atom stereocenters. The summed E-state index contributed by atoms with van der Waals surface area (Å²) in [7, 11) is 0. The van der Waals surface area contributed by atoms with Crippen molar-refractivity contribution in [3.63, 3.8) is 0 Å². The standard InChI is InChI=1S/C42H25N/c1-2-12-33-26(6-1)7-5-13-36(33)43(37-24-20-31-16-14-27-8-3-10-29-18-22-34(37)41(31)39(27)29)38-25-21-32-17-15-28-9-4-11-30-19-23-35(38)42(32)40(28)30/h1-25H. The van der Waals surface area contributed by atoms with E-state index < -0.39 is 0 Å². The van der Waals surface area contributed by atoms with Gasteiger partial charge in [-0.15, -0.1) is 0 Å². The van der Waals surface area contributed by atoms with Crippen LogP contribution < -0.4 is 4.90 Å². The van der Waals surface area contributed by atoms with Crippen molar-refractivity contribution in [3.8, 4) is 0 Å². The Kier molecular flexibility index (Phi) is 4.51. The lowest BCUT2D eigenvalue weighted by Crippen LogP contribution is -2.12. The summed E-state index contributed by atoms with van der Waals surface area (Å²) < 4.78 is 0. The molecule has 198 valence electrons. The van der Waals surface area contributed by atoms with Crippen LogP contribution in [0.4, 0.5) is 17.1 Å². The van der Waals surface area contributed by atoms with Gasteiger partial charge in [-0.05, 0) is 77.4 Å². The Labute approximate surface area is 248 Å². The summed E-state index contributed by atoms with van der Waals surface area (Å²) in [5.74, 6) is 0. The van der Waals surface area contributed by atoms with E-state index in [9.17, 15) is 0 Å². The zero-order valence-corrected chi connectivity index (χ0v) is 23.4. The molecule has 0 N–H and O–H groups in total. The van der Waals surface area contributed by atoms with Crippen LogP contribution in [0.5, 0.6) is 0 Å². The fourth-order valence-electron chi connectivity index (χ4n) is 7.62. The largest absolute Gasteiger partial charge is 0.309 e. The Bertz CT molecular complexity index is 2500. The minimum atomic E-state index is 1.18. The normalized spacial score (nSPS) is 12.2. The van der Waals surface area contributed by atoms with Crippen molar-refractivity contribution >= 4 is 92.5 Å². The lowest BCUT2D eigenvalue weighted by Gasteiger charge is -2.30. The first-order chi connectivity index (χ1) is 21.3. The van der Waals surface area contributed by atoms with Crippen LogP contribution in [0.15, 0.2) is 152 Å². The molecule has 0 fully saturated rings. The van der Waals surface area contributed by atoms with Gasteiger partial charge in [-0.1, -0.05) is 133 Å². The maximum absolute atomic E-state index is 2.51. The van der Waals surface area contributed by atoms with Gasteiger partial charge in [0.15, 0.2) is 0 Å². The van der Waals surface area contributed by atoms with Crippen LogP contribution in [0.2, 0.25) is 0 Å². The number of hydrogen-bond donors (Lipinski definition) is 0. The number of fused-ring (bicyclic) bond motifs is 1. The Balaban J connectivity index is 1.38.